The van der Waals surface area contributed by atoms with E-state index in [-0.39, 0.29) is 12.0 Å². The van der Waals surface area contributed by atoms with Crippen LogP contribution in [0.25, 0.3) is 0 Å². The molecule has 0 aliphatic carbocycles. The number of nitrogens with one attached hydrogen (secondary N) is 1. The molecule has 2 aromatic rings. The zero-order chi connectivity index (χ0) is 22.2. The molecule has 1 aliphatic heterocycles. The van der Waals surface area contributed by atoms with Gasteiger partial charge in [0.2, 0.25) is 0 Å². The molecule has 0 bridgehead atoms. The minimum atomic E-state index is -0.0739. The van der Waals surface area contributed by atoms with E-state index >= 15 is 0 Å². The van der Waals surface area contributed by atoms with Gasteiger partial charge in [0.15, 0.2) is 0 Å². The maximum atomic E-state index is 11.5. The van der Waals surface area contributed by atoms with Gasteiger partial charge in [0.25, 0.3) is 0 Å². The molecule has 0 aromatic heterocycles. The van der Waals surface area contributed by atoms with Gasteiger partial charge < -0.3 is 15.0 Å². The van der Waals surface area contributed by atoms with Crippen molar-refractivity contribution in [3.8, 4) is 0 Å². The van der Waals surface area contributed by atoms with Crippen LogP contribution in [0.15, 0.2) is 47.4 Å². The summed E-state index contributed by atoms with van der Waals surface area (Å²) in [6.07, 6.45) is 6.87. The number of ether oxygens (including phenoxy) is 1. The molecule has 0 spiro atoms. The van der Waals surface area contributed by atoms with Gasteiger partial charge in [0.05, 0.1) is 18.7 Å². The molecule has 1 heterocycles. The number of esters is 1. The van der Waals surface area contributed by atoms with E-state index in [9.17, 15) is 4.79 Å². The third-order valence-electron chi connectivity index (χ3n) is 6.23. The van der Waals surface area contributed by atoms with Crippen LogP contribution in [0.5, 0.6) is 0 Å². The molecule has 1 N–H and O–H groups in total. The molecule has 31 heavy (non-hydrogen) atoms. The van der Waals surface area contributed by atoms with Crippen LogP contribution in [0.3, 0.4) is 0 Å². The lowest BCUT2D eigenvalue weighted by Gasteiger charge is -2.27. The molecule has 5 heteroatoms. The standard InChI is InChI=1S/C26H36N2O2S/c1-5-30-25(29)14-8-6-7-11-17-27-26-21-16-15-20(31-4)18-23(21)19(2)28(3)24-13-10-9-12-22(24)26/h9-10,12-13,15-16,18-19,26-27H,5-8,11,14,17H2,1-4H3. The van der Waals surface area contributed by atoms with Crippen LogP contribution >= 0.6 is 11.8 Å². The van der Waals surface area contributed by atoms with Crippen LogP contribution < -0.4 is 10.2 Å². The van der Waals surface area contributed by atoms with Crippen molar-refractivity contribution in [1.29, 1.82) is 0 Å². The Balaban J connectivity index is 1.69. The number of anilines is 1. The lowest BCUT2D eigenvalue weighted by Crippen LogP contribution is -2.24. The molecule has 0 saturated heterocycles. The highest BCUT2D eigenvalue weighted by molar-refractivity contribution is 7.98. The fraction of sp³-hybridized carbons (Fsp3) is 0.500. The van der Waals surface area contributed by atoms with Crippen molar-refractivity contribution in [1.82, 2.24) is 5.32 Å². The molecule has 3 rings (SSSR count). The summed E-state index contributed by atoms with van der Waals surface area (Å²) in [4.78, 5) is 15.2. The number of para-hydroxylation sites is 1. The molecule has 0 amide bonds. The van der Waals surface area contributed by atoms with Gasteiger partial charge in [-0.05, 0) is 74.4 Å². The van der Waals surface area contributed by atoms with Crippen LogP contribution in [-0.2, 0) is 9.53 Å². The Kier molecular flexibility index (Phi) is 8.85. The molecule has 168 valence electrons. The van der Waals surface area contributed by atoms with Gasteiger partial charge in [-0.1, -0.05) is 37.1 Å². The van der Waals surface area contributed by atoms with E-state index in [0.717, 1.165) is 32.2 Å². The van der Waals surface area contributed by atoms with Crippen LogP contribution in [0.2, 0.25) is 0 Å². The Hall–Kier alpha value is -1.98. The largest absolute Gasteiger partial charge is 0.466 e. The fourth-order valence-corrected chi connectivity index (χ4v) is 4.84. The van der Waals surface area contributed by atoms with Crippen LogP contribution in [-0.4, -0.2) is 32.4 Å². The summed E-state index contributed by atoms with van der Waals surface area (Å²) in [6, 6.07) is 16.2. The zero-order valence-corrected chi connectivity index (χ0v) is 20.1. The first kappa shape index (κ1) is 23.7. The first-order chi connectivity index (χ1) is 15.1. The summed E-state index contributed by atoms with van der Waals surface area (Å²) in [5, 5.41) is 3.85. The highest BCUT2D eigenvalue weighted by Crippen LogP contribution is 2.42. The highest BCUT2D eigenvalue weighted by Gasteiger charge is 2.29. The third-order valence-corrected chi connectivity index (χ3v) is 6.95. The summed E-state index contributed by atoms with van der Waals surface area (Å²) in [5.41, 5.74) is 5.42. The van der Waals surface area contributed by atoms with Crippen molar-refractivity contribution in [2.75, 3.05) is 31.4 Å². The van der Waals surface area contributed by atoms with Crippen molar-refractivity contribution in [2.24, 2.45) is 0 Å². The molecular formula is C26H36N2O2S. The van der Waals surface area contributed by atoms with Crippen molar-refractivity contribution in [2.45, 2.75) is 62.9 Å². The number of hydrogen-bond donors (Lipinski definition) is 1. The summed E-state index contributed by atoms with van der Waals surface area (Å²) < 4.78 is 5.00. The number of carbonyl (C=O) groups excluding carboxylic acids is 1. The Morgan fingerprint density at radius 1 is 1.06 bits per heavy atom. The number of rotatable bonds is 10. The van der Waals surface area contributed by atoms with Crippen molar-refractivity contribution in [3.05, 3.63) is 59.2 Å². The highest BCUT2D eigenvalue weighted by atomic mass is 32.2. The SMILES string of the molecule is CCOC(=O)CCCCCCNC1c2ccc(SC)cc2C(C)N(C)c2ccccc21. The summed E-state index contributed by atoms with van der Waals surface area (Å²) in [5.74, 6) is -0.0739. The Morgan fingerprint density at radius 2 is 1.84 bits per heavy atom. The minimum absolute atomic E-state index is 0.0739. The number of fused-ring (bicyclic) bond motifs is 2. The Bertz CT molecular complexity index is 870. The van der Waals surface area contributed by atoms with E-state index in [1.54, 1.807) is 11.8 Å². The topological polar surface area (TPSA) is 41.6 Å². The van der Waals surface area contributed by atoms with Gasteiger partial charge in [0.1, 0.15) is 0 Å². The predicted molar refractivity (Wildman–Crippen MR) is 131 cm³/mol. The number of nitrogens with zero attached hydrogens (tertiary/aromatic N) is 1. The second-order valence-electron chi connectivity index (χ2n) is 8.20. The molecule has 2 unspecified atom stereocenters. The second-order valence-corrected chi connectivity index (χ2v) is 9.08. The molecule has 2 aromatic carbocycles. The van der Waals surface area contributed by atoms with Gasteiger partial charge in [-0.2, -0.15) is 0 Å². The summed E-state index contributed by atoms with van der Waals surface area (Å²) in [6.45, 7) is 5.58. The van der Waals surface area contributed by atoms with Gasteiger partial charge in [-0.15, -0.1) is 11.8 Å². The number of carbonyl (C=O) groups is 1. The van der Waals surface area contributed by atoms with Crippen LogP contribution in [0.1, 0.15) is 74.7 Å². The molecular weight excluding hydrogens is 404 g/mol. The van der Waals surface area contributed by atoms with Crippen molar-refractivity contribution >= 4 is 23.4 Å². The van der Waals surface area contributed by atoms with E-state index < -0.39 is 0 Å². The molecule has 2 atom stereocenters. The lowest BCUT2D eigenvalue weighted by molar-refractivity contribution is -0.143. The molecule has 0 fully saturated rings. The monoisotopic (exact) mass is 440 g/mol. The van der Waals surface area contributed by atoms with Crippen molar-refractivity contribution < 1.29 is 9.53 Å². The number of benzene rings is 2. The fourth-order valence-electron chi connectivity index (χ4n) is 4.39. The maximum Gasteiger partial charge on any atom is 0.305 e. The third kappa shape index (κ3) is 5.83. The predicted octanol–water partition coefficient (Wildman–Crippen LogP) is 6.11. The van der Waals surface area contributed by atoms with E-state index in [1.807, 2.05) is 6.92 Å². The second kappa shape index (κ2) is 11.6. The van der Waals surface area contributed by atoms with E-state index in [4.69, 9.17) is 4.74 Å². The zero-order valence-electron chi connectivity index (χ0n) is 19.3. The minimum Gasteiger partial charge on any atom is -0.466 e. The number of thioether (sulfide) groups is 1. The smallest absolute Gasteiger partial charge is 0.305 e. The number of unbranched alkanes of at least 4 members (excludes halogenated alkanes) is 3. The van der Waals surface area contributed by atoms with Crippen LogP contribution in [0.4, 0.5) is 5.69 Å². The first-order valence-electron chi connectivity index (χ1n) is 11.4. The molecule has 4 nitrogen and oxygen atoms in total. The van der Waals surface area contributed by atoms with Gasteiger partial charge in [-0.3, -0.25) is 4.79 Å². The average Bonchev–Trinajstić information content (AvgIpc) is 2.87. The van der Waals surface area contributed by atoms with Gasteiger partial charge >= 0.3 is 5.97 Å². The quantitative estimate of drug-likeness (QED) is 0.274. The molecule has 0 radical (unpaired) electrons. The lowest BCUT2D eigenvalue weighted by atomic mass is 9.93. The maximum absolute atomic E-state index is 11.5. The van der Waals surface area contributed by atoms with E-state index in [0.29, 0.717) is 19.1 Å². The molecule has 1 aliphatic rings. The van der Waals surface area contributed by atoms with Gasteiger partial charge in [-0.25, -0.2) is 0 Å². The van der Waals surface area contributed by atoms with Crippen molar-refractivity contribution in [3.63, 3.8) is 0 Å². The average molecular weight is 441 g/mol. The molecule has 0 saturated carbocycles. The Labute approximate surface area is 191 Å². The number of hydrogen-bond acceptors (Lipinski definition) is 5. The Morgan fingerprint density at radius 3 is 2.61 bits per heavy atom. The van der Waals surface area contributed by atoms with Crippen LogP contribution in [0, 0.1) is 0 Å². The first-order valence-corrected chi connectivity index (χ1v) is 12.7. The summed E-state index contributed by atoms with van der Waals surface area (Å²) in [7, 11) is 2.20. The van der Waals surface area contributed by atoms with E-state index in [1.165, 1.54) is 27.3 Å². The van der Waals surface area contributed by atoms with E-state index in [2.05, 4.69) is 72.9 Å². The normalized spacial score (nSPS) is 17.6. The summed E-state index contributed by atoms with van der Waals surface area (Å²) >= 11 is 1.80. The van der Waals surface area contributed by atoms with Gasteiger partial charge in [0, 0.05) is 24.1 Å².